The van der Waals surface area contributed by atoms with Gasteiger partial charge in [-0.3, -0.25) is 0 Å². The van der Waals surface area contributed by atoms with Gasteiger partial charge in [-0.05, 0) is 55.1 Å². The number of H-pyrrole nitrogens is 1. The normalized spacial score (nSPS) is 23.9. The Balaban J connectivity index is 1.92. The van der Waals surface area contributed by atoms with Gasteiger partial charge in [0.25, 0.3) is 0 Å². The number of rotatable bonds is 2. The van der Waals surface area contributed by atoms with Gasteiger partial charge in [0.2, 0.25) is 0 Å². The van der Waals surface area contributed by atoms with Crippen molar-refractivity contribution in [1.82, 2.24) is 9.55 Å². The number of aromatic nitrogens is 2. The van der Waals surface area contributed by atoms with E-state index in [1.807, 2.05) is 6.07 Å². The maximum Gasteiger partial charge on any atom is 0.178 e. The topological polar surface area (TPSA) is 20.7 Å². The number of imidazole rings is 1. The van der Waals surface area contributed by atoms with E-state index in [4.69, 9.17) is 12.2 Å². The first-order valence-corrected chi connectivity index (χ1v) is 7.42. The molecule has 2 unspecified atom stereocenters. The zero-order chi connectivity index (χ0) is 13.4. The van der Waals surface area contributed by atoms with Gasteiger partial charge >= 0.3 is 0 Å². The Bertz CT molecular complexity index is 643. The van der Waals surface area contributed by atoms with Crippen LogP contribution in [0.5, 0.6) is 0 Å². The third-order valence-electron chi connectivity index (χ3n) is 4.22. The molecule has 1 fully saturated rings. The number of fused-ring (bicyclic) bond motifs is 1. The van der Waals surface area contributed by atoms with Crippen molar-refractivity contribution >= 4 is 23.3 Å². The monoisotopic (exact) mass is 278 g/mol. The predicted octanol–water partition coefficient (Wildman–Crippen LogP) is 4.66. The smallest absolute Gasteiger partial charge is 0.178 e. The quantitative estimate of drug-likeness (QED) is 0.792. The van der Waals surface area contributed by atoms with Crippen LogP contribution in [0.15, 0.2) is 18.2 Å². The molecule has 102 valence electrons. The molecular formula is C15H19FN2S. The second-order valence-corrected chi connectivity index (χ2v) is 6.23. The third-order valence-corrected chi connectivity index (χ3v) is 4.54. The van der Waals surface area contributed by atoms with E-state index in [2.05, 4.69) is 16.5 Å². The number of aromatic amines is 1. The molecule has 0 radical (unpaired) electrons. The van der Waals surface area contributed by atoms with E-state index in [-0.39, 0.29) is 5.82 Å². The second-order valence-electron chi connectivity index (χ2n) is 5.84. The Morgan fingerprint density at radius 2 is 2.26 bits per heavy atom. The van der Waals surface area contributed by atoms with Crippen molar-refractivity contribution in [3.8, 4) is 0 Å². The molecule has 2 atom stereocenters. The van der Waals surface area contributed by atoms with Gasteiger partial charge in [-0.15, -0.1) is 0 Å². The first-order chi connectivity index (χ1) is 9.13. The summed E-state index contributed by atoms with van der Waals surface area (Å²) in [6, 6.07) is 4.85. The van der Waals surface area contributed by atoms with E-state index in [9.17, 15) is 4.39 Å². The van der Waals surface area contributed by atoms with Crippen molar-refractivity contribution in [2.45, 2.75) is 39.2 Å². The van der Waals surface area contributed by atoms with Crippen LogP contribution in [0.1, 0.15) is 32.6 Å². The number of halogens is 1. The third kappa shape index (κ3) is 2.59. The summed E-state index contributed by atoms with van der Waals surface area (Å²) in [6.45, 7) is 3.28. The summed E-state index contributed by atoms with van der Waals surface area (Å²) in [7, 11) is 0. The van der Waals surface area contributed by atoms with Crippen molar-refractivity contribution in [2.75, 3.05) is 0 Å². The molecular weight excluding hydrogens is 259 g/mol. The van der Waals surface area contributed by atoms with Gasteiger partial charge in [-0.1, -0.05) is 19.8 Å². The van der Waals surface area contributed by atoms with Gasteiger partial charge in [0.1, 0.15) is 5.82 Å². The van der Waals surface area contributed by atoms with Crippen LogP contribution in [0.25, 0.3) is 11.0 Å². The molecule has 0 amide bonds. The summed E-state index contributed by atoms with van der Waals surface area (Å²) in [6.07, 6.45) is 5.22. The molecule has 0 aliphatic heterocycles. The van der Waals surface area contributed by atoms with Gasteiger partial charge in [0, 0.05) is 6.54 Å². The molecule has 2 aromatic rings. The fourth-order valence-electron chi connectivity index (χ4n) is 3.30. The van der Waals surface area contributed by atoms with Crippen LogP contribution in [0.2, 0.25) is 0 Å². The molecule has 1 aromatic carbocycles. The summed E-state index contributed by atoms with van der Waals surface area (Å²) in [5.74, 6) is 1.29. The number of nitrogens with zero attached hydrogens (tertiary/aromatic N) is 1. The molecule has 1 aromatic heterocycles. The molecule has 0 spiro atoms. The van der Waals surface area contributed by atoms with Gasteiger partial charge in [0.15, 0.2) is 4.77 Å². The maximum atomic E-state index is 13.2. The molecule has 1 N–H and O–H groups in total. The van der Waals surface area contributed by atoms with Crippen LogP contribution in [-0.2, 0) is 6.54 Å². The highest BCUT2D eigenvalue weighted by Gasteiger charge is 2.20. The molecule has 1 saturated carbocycles. The number of benzene rings is 1. The predicted molar refractivity (Wildman–Crippen MR) is 78.2 cm³/mol. The van der Waals surface area contributed by atoms with Gasteiger partial charge in [-0.25, -0.2) is 4.39 Å². The highest BCUT2D eigenvalue weighted by molar-refractivity contribution is 7.71. The van der Waals surface area contributed by atoms with Gasteiger partial charge in [0.05, 0.1) is 11.0 Å². The van der Waals surface area contributed by atoms with E-state index >= 15 is 0 Å². The Labute approximate surface area is 117 Å². The molecule has 0 saturated heterocycles. The zero-order valence-corrected chi connectivity index (χ0v) is 12.0. The Morgan fingerprint density at radius 1 is 1.42 bits per heavy atom. The first-order valence-electron chi connectivity index (χ1n) is 7.01. The van der Waals surface area contributed by atoms with Crippen molar-refractivity contribution in [1.29, 1.82) is 0 Å². The van der Waals surface area contributed by atoms with E-state index in [0.29, 0.717) is 10.7 Å². The van der Waals surface area contributed by atoms with Crippen molar-refractivity contribution in [2.24, 2.45) is 11.8 Å². The van der Waals surface area contributed by atoms with Crippen LogP contribution in [-0.4, -0.2) is 9.55 Å². The van der Waals surface area contributed by atoms with Crippen molar-refractivity contribution < 1.29 is 4.39 Å². The minimum Gasteiger partial charge on any atom is -0.330 e. The SMILES string of the molecule is CC1CCCC(Cn2c(=S)[nH]c3cc(F)ccc32)C1. The van der Waals surface area contributed by atoms with Crippen LogP contribution >= 0.6 is 12.2 Å². The number of nitrogens with one attached hydrogen (secondary N) is 1. The maximum absolute atomic E-state index is 13.2. The minimum absolute atomic E-state index is 0.220. The lowest BCUT2D eigenvalue weighted by molar-refractivity contribution is 0.258. The minimum atomic E-state index is -0.220. The summed E-state index contributed by atoms with van der Waals surface area (Å²) in [5.41, 5.74) is 1.82. The molecule has 19 heavy (non-hydrogen) atoms. The molecule has 1 heterocycles. The first kappa shape index (κ1) is 12.9. The molecule has 3 rings (SSSR count). The van der Waals surface area contributed by atoms with E-state index in [0.717, 1.165) is 23.5 Å². The molecule has 0 bridgehead atoms. The fraction of sp³-hybridized carbons (Fsp3) is 0.533. The lowest BCUT2D eigenvalue weighted by Crippen LogP contribution is -2.18. The van der Waals surface area contributed by atoms with E-state index < -0.39 is 0 Å². The van der Waals surface area contributed by atoms with Crippen LogP contribution in [0.3, 0.4) is 0 Å². The molecule has 4 heteroatoms. The average molecular weight is 278 g/mol. The van der Waals surface area contributed by atoms with Gasteiger partial charge in [-0.2, -0.15) is 0 Å². The number of hydrogen-bond donors (Lipinski definition) is 1. The van der Waals surface area contributed by atoms with Crippen molar-refractivity contribution in [3.63, 3.8) is 0 Å². The summed E-state index contributed by atoms with van der Waals surface area (Å²) < 4.78 is 16.1. The molecule has 1 aliphatic rings. The van der Waals surface area contributed by atoms with E-state index in [1.54, 1.807) is 0 Å². The molecule has 2 nitrogen and oxygen atoms in total. The fourth-order valence-corrected chi connectivity index (χ4v) is 3.58. The van der Waals surface area contributed by atoms with E-state index in [1.165, 1.54) is 37.8 Å². The Morgan fingerprint density at radius 3 is 3.05 bits per heavy atom. The highest BCUT2D eigenvalue weighted by atomic mass is 32.1. The van der Waals surface area contributed by atoms with Crippen LogP contribution < -0.4 is 0 Å². The molecule has 1 aliphatic carbocycles. The second kappa shape index (κ2) is 5.08. The van der Waals surface area contributed by atoms with Crippen molar-refractivity contribution in [3.05, 3.63) is 28.8 Å². The lowest BCUT2D eigenvalue weighted by atomic mass is 9.82. The van der Waals surface area contributed by atoms with Crippen LogP contribution in [0.4, 0.5) is 4.39 Å². The zero-order valence-electron chi connectivity index (χ0n) is 11.2. The summed E-state index contributed by atoms with van der Waals surface area (Å²) >= 11 is 5.38. The highest BCUT2D eigenvalue weighted by Crippen LogP contribution is 2.30. The Kier molecular flexibility index (Phi) is 3.44. The average Bonchev–Trinajstić information content (AvgIpc) is 2.65. The summed E-state index contributed by atoms with van der Waals surface area (Å²) in [5, 5.41) is 0. The standard InChI is InChI=1S/C15H19FN2S/c1-10-3-2-4-11(7-10)9-18-14-6-5-12(16)8-13(14)17-15(18)19/h5-6,8,10-11H,2-4,7,9H2,1H3,(H,17,19). The number of hydrogen-bond acceptors (Lipinski definition) is 1. The van der Waals surface area contributed by atoms with Gasteiger partial charge < -0.3 is 9.55 Å². The Hall–Kier alpha value is -1.16. The summed E-state index contributed by atoms with van der Waals surface area (Å²) in [4.78, 5) is 3.11. The lowest BCUT2D eigenvalue weighted by Gasteiger charge is -2.27. The largest absolute Gasteiger partial charge is 0.330 e. The van der Waals surface area contributed by atoms with Crippen LogP contribution in [0, 0.1) is 22.4 Å².